The van der Waals surface area contributed by atoms with E-state index in [9.17, 15) is 14.9 Å². The van der Waals surface area contributed by atoms with Crippen molar-refractivity contribution in [2.75, 3.05) is 36.5 Å². The first-order valence-electron chi connectivity index (χ1n) is 10.2. The fourth-order valence-electron chi connectivity index (χ4n) is 3.65. The van der Waals surface area contributed by atoms with E-state index in [-0.39, 0.29) is 11.3 Å². The fraction of sp³-hybridized carbons (Fsp3) is 0.238. The Morgan fingerprint density at radius 2 is 2.00 bits per heavy atom. The first kappa shape index (κ1) is 21.0. The lowest BCUT2D eigenvalue weighted by Gasteiger charge is -2.28. The van der Waals surface area contributed by atoms with E-state index in [0.717, 1.165) is 10.6 Å². The summed E-state index contributed by atoms with van der Waals surface area (Å²) in [5.41, 5.74) is 1.96. The SMILES string of the molecule is Cc1nnc2sc(-c3cccc(NC(=O)c4ccc(N5CCOCC5)c([N+](=O)[O-])c4)c3)nn12. The van der Waals surface area contributed by atoms with Crippen molar-refractivity contribution in [1.82, 2.24) is 19.8 Å². The van der Waals surface area contributed by atoms with Crippen LogP contribution in [-0.4, -0.2) is 56.9 Å². The van der Waals surface area contributed by atoms with Gasteiger partial charge in [-0.15, -0.1) is 10.2 Å². The highest BCUT2D eigenvalue weighted by atomic mass is 32.1. The van der Waals surface area contributed by atoms with Gasteiger partial charge in [0, 0.05) is 36.0 Å². The van der Waals surface area contributed by atoms with Crippen molar-refractivity contribution >= 4 is 39.3 Å². The maximum Gasteiger partial charge on any atom is 0.293 e. The molecule has 1 amide bonds. The van der Waals surface area contributed by atoms with Gasteiger partial charge in [-0.25, -0.2) is 0 Å². The third-order valence-corrected chi connectivity index (χ3v) is 6.25. The van der Waals surface area contributed by atoms with Crippen molar-refractivity contribution in [3.8, 4) is 10.6 Å². The Labute approximate surface area is 191 Å². The van der Waals surface area contributed by atoms with Crippen LogP contribution in [0.1, 0.15) is 16.2 Å². The standard InChI is InChI=1S/C21H19N7O4S/c1-13-23-24-21-27(13)25-20(33-21)15-3-2-4-16(11-15)22-19(29)14-5-6-17(18(12-14)28(30)31)26-7-9-32-10-8-26/h2-6,11-12H,7-10H2,1H3,(H,22,29). The number of carbonyl (C=O) groups excluding carboxylic acids is 1. The number of nitro groups is 1. The molecule has 0 unspecified atom stereocenters. The van der Waals surface area contributed by atoms with E-state index in [4.69, 9.17) is 4.74 Å². The number of aryl methyl sites for hydroxylation is 1. The fourth-order valence-corrected chi connectivity index (χ4v) is 4.53. The summed E-state index contributed by atoms with van der Waals surface area (Å²) in [4.78, 5) is 26.7. The Kier molecular flexibility index (Phi) is 5.44. The monoisotopic (exact) mass is 465 g/mol. The van der Waals surface area contributed by atoms with Crippen LogP contribution in [-0.2, 0) is 4.74 Å². The van der Waals surface area contributed by atoms with E-state index < -0.39 is 10.8 Å². The summed E-state index contributed by atoms with van der Waals surface area (Å²) in [5.74, 6) is 0.261. The van der Waals surface area contributed by atoms with Crippen LogP contribution in [0.15, 0.2) is 42.5 Å². The Bertz CT molecular complexity index is 1360. The molecule has 11 nitrogen and oxygen atoms in total. The van der Waals surface area contributed by atoms with E-state index >= 15 is 0 Å². The molecule has 0 saturated carbocycles. The number of nitrogens with one attached hydrogen (secondary N) is 1. The van der Waals surface area contributed by atoms with Crippen molar-refractivity contribution < 1.29 is 14.5 Å². The molecule has 5 rings (SSSR count). The molecule has 0 radical (unpaired) electrons. The minimum atomic E-state index is -0.460. The molecule has 168 valence electrons. The summed E-state index contributed by atoms with van der Waals surface area (Å²) in [5, 5.41) is 27.8. The van der Waals surface area contributed by atoms with E-state index in [0.29, 0.717) is 48.5 Å². The van der Waals surface area contributed by atoms with E-state index in [1.54, 1.807) is 28.8 Å². The minimum Gasteiger partial charge on any atom is -0.378 e. The van der Waals surface area contributed by atoms with Crippen molar-refractivity contribution in [2.24, 2.45) is 0 Å². The van der Waals surface area contributed by atoms with Gasteiger partial charge in [0.15, 0.2) is 5.82 Å². The van der Waals surface area contributed by atoms with Crippen LogP contribution in [0.3, 0.4) is 0 Å². The van der Waals surface area contributed by atoms with Gasteiger partial charge in [-0.05, 0) is 31.2 Å². The zero-order valence-electron chi connectivity index (χ0n) is 17.6. The number of aromatic nitrogens is 4. The minimum absolute atomic E-state index is 0.103. The summed E-state index contributed by atoms with van der Waals surface area (Å²) in [6, 6.07) is 11.8. The van der Waals surface area contributed by atoms with Crippen molar-refractivity contribution in [3.05, 3.63) is 64.0 Å². The second-order valence-corrected chi connectivity index (χ2v) is 8.40. The predicted molar refractivity (Wildman–Crippen MR) is 123 cm³/mol. The number of hydrogen-bond donors (Lipinski definition) is 1. The van der Waals surface area contributed by atoms with Crippen LogP contribution in [0.2, 0.25) is 0 Å². The highest BCUT2D eigenvalue weighted by Crippen LogP contribution is 2.31. The molecule has 3 heterocycles. The van der Waals surface area contributed by atoms with E-state index in [2.05, 4.69) is 20.6 Å². The lowest BCUT2D eigenvalue weighted by molar-refractivity contribution is -0.384. The average molecular weight is 465 g/mol. The van der Waals surface area contributed by atoms with Crippen LogP contribution in [0.25, 0.3) is 15.5 Å². The molecule has 12 heteroatoms. The number of morpholine rings is 1. The number of benzene rings is 2. The molecule has 4 aromatic rings. The number of ether oxygens (including phenoxy) is 1. The normalized spacial score (nSPS) is 13.9. The van der Waals surface area contributed by atoms with Gasteiger partial charge in [-0.2, -0.15) is 9.61 Å². The molecule has 1 fully saturated rings. The highest BCUT2D eigenvalue weighted by molar-refractivity contribution is 7.19. The molecule has 1 saturated heterocycles. The number of fused-ring (bicyclic) bond motifs is 1. The molecule has 0 atom stereocenters. The third kappa shape index (κ3) is 4.13. The predicted octanol–water partition coefficient (Wildman–Crippen LogP) is 3.16. The summed E-state index contributed by atoms with van der Waals surface area (Å²) < 4.78 is 6.99. The number of rotatable bonds is 5. The molecular weight excluding hydrogens is 446 g/mol. The summed E-state index contributed by atoms with van der Waals surface area (Å²) >= 11 is 1.39. The topological polar surface area (TPSA) is 128 Å². The number of anilines is 2. The smallest absolute Gasteiger partial charge is 0.293 e. The summed E-state index contributed by atoms with van der Waals surface area (Å²) in [6.45, 7) is 3.98. The molecular formula is C21H19N7O4S. The number of carbonyl (C=O) groups is 1. The Balaban J connectivity index is 1.38. The van der Waals surface area contributed by atoms with Gasteiger partial charge < -0.3 is 15.0 Å². The number of nitro benzene ring substituents is 1. The first-order valence-corrected chi connectivity index (χ1v) is 11.0. The van der Waals surface area contributed by atoms with Gasteiger partial charge in [0.2, 0.25) is 4.96 Å². The lowest BCUT2D eigenvalue weighted by Crippen LogP contribution is -2.36. The number of amides is 1. The largest absolute Gasteiger partial charge is 0.378 e. The van der Waals surface area contributed by atoms with Gasteiger partial charge in [0.1, 0.15) is 10.7 Å². The molecule has 0 spiro atoms. The van der Waals surface area contributed by atoms with Crippen LogP contribution < -0.4 is 10.2 Å². The van der Waals surface area contributed by atoms with Crippen LogP contribution in [0, 0.1) is 17.0 Å². The molecule has 2 aromatic heterocycles. The summed E-state index contributed by atoms with van der Waals surface area (Å²) in [6.07, 6.45) is 0. The van der Waals surface area contributed by atoms with Gasteiger partial charge >= 0.3 is 0 Å². The molecule has 33 heavy (non-hydrogen) atoms. The van der Waals surface area contributed by atoms with Crippen molar-refractivity contribution in [1.29, 1.82) is 0 Å². The van der Waals surface area contributed by atoms with Crippen LogP contribution in [0.4, 0.5) is 17.1 Å². The number of hydrogen-bond acceptors (Lipinski definition) is 9. The molecule has 0 aliphatic carbocycles. The van der Waals surface area contributed by atoms with Gasteiger partial charge in [-0.1, -0.05) is 23.5 Å². The first-order chi connectivity index (χ1) is 16.0. The molecule has 1 aliphatic heterocycles. The molecule has 2 aromatic carbocycles. The molecule has 1 aliphatic rings. The van der Waals surface area contributed by atoms with Crippen LogP contribution >= 0.6 is 11.3 Å². The van der Waals surface area contributed by atoms with E-state index in [1.165, 1.54) is 17.4 Å². The number of nitrogens with zero attached hydrogens (tertiary/aromatic N) is 6. The molecule has 1 N–H and O–H groups in total. The zero-order valence-corrected chi connectivity index (χ0v) is 18.4. The van der Waals surface area contributed by atoms with E-state index in [1.807, 2.05) is 24.0 Å². The third-order valence-electron chi connectivity index (χ3n) is 5.30. The van der Waals surface area contributed by atoms with Gasteiger partial charge in [0.05, 0.1) is 18.1 Å². The molecule has 0 bridgehead atoms. The summed E-state index contributed by atoms with van der Waals surface area (Å²) in [7, 11) is 0. The second kappa shape index (κ2) is 8.56. The maximum absolute atomic E-state index is 12.9. The zero-order chi connectivity index (χ0) is 22.9. The Morgan fingerprint density at radius 1 is 1.18 bits per heavy atom. The van der Waals surface area contributed by atoms with Gasteiger partial charge in [-0.3, -0.25) is 14.9 Å². The second-order valence-electron chi connectivity index (χ2n) is 7.44. The maximum atomic E-state index is 12.9. The quantitative estimate of drug-likeness (QED) is 0.352. The Hall–Kier alpha value is -3.90. The highest BCUT2D eigenvalue weighted by Gasteiger charge is 2.23. The van der Waals surface area contributed by atoms with Gasteiger partial charge in [0.25, 0.3) is 11.6 Å². The lowest BCUT2D eigenvalue weighted by atomic mass is 10.1. The van der Waals surface area contributed by atoms with Crippen molar-refractivity contribution in [3.63, 3.8) is 0 Å². The Morgan fingerprint density at radius 3 is 2.76 bits per heavy atom. The van der Waals surface area contributed by atoms with Crippen LogP contribution in [0.5, 0.6) is 0 Å². The average Bonchev–Trinajstić information content (AvgIpc) is 3.41. The van der Waals surface area contributed by atoms with Crippen molar-refractivity contribution in [2.45, 2.75) is 6.92 Å².